The zero-order valence-corrected chi connectivity index (χ0v) is 21.7. The molecule has 0 amide bonds. The lowest BCUT2D eigenvalue weighted by molar-refractivity contribution is -0.135. The van der Waals surface area contributed by atoms with E-state index < -0.39 is 11.7 Å². The maximum atomic E-state index is 13.9. The minimum absolute atomic E-state index is 0.0101. The van der Waals surface area contributed by atoms with Crippen molar-refractivity contribution in [3.63, 3.8) is 0 Å². The molecule has 1 aromatic carbocycles. The Hall–Kier alpha value is -2.74. The van der Waals surface area contributed by atoms with E-state index in [4.69, 9.17) is 4.74 Å². The molecular weight excluding hydrogens is 468 g/mol. The van der Waals surface area contributed by atoms with Gasteiger partial charge in [0.25, 0.3) is 5.56 Å². The van der Waals surface area contributed by atoms with Crippen molar-refractivity contribution >= 4 is 22.7 Å². The molecule has 4 aliphatic rings. The first-order chi connectivity index (χ1) is 18.1. The molecule has 198 valence electrons. The Morgan fingerprint density at radius 3 is 2.32 bits per heavy atom. The second-order valence-electron chi connectivity index (χ2n) is 11.6. The van der Waals surface area contributed by atoms with Crippen LogP contribution in [0.25, 0.3) is 11.0 Å². The third kappa shape index (κ3) is 4.47. The highest BCUT2D eigenvalue weighted by atomic mass is 16.5. The Bertz CT molecular complexity index is 1230. The fraction of sp³-hybridized carbons (Fsp3) is 0.655. The minimum Gasteiger partial charge on any atom is -0.461 e. The van der Waals surface area contributed by atoms with E-state index in [0.29, 0.717) is 23.6 Å². The van der Waals surface area contributed by atoms with Crippen LogP contribution in [0.5, 0.6) is 0 Å². The molecule has 1 aromatic heterocycles. The number of hydrogen-bond acceptors (Lipinski definition) is 7. The van der Waals surface area contributed by atoms with E-state index in [1.165, 1.54) is 57.8 Å². The second-order valence-corrected chi connectivity index (χ2v) is 11.6. The summed E-state index contributed by atoms with van der Waals surface area (Å²) in [6.07, 6.45) is 13.7. The van der Waals surface area contributed by atoms with Crippen molar-refractivity contribution in [1.82, 2.24) is 14.5 Å². The summed E-state index contributed by atoms with van der Waals surface area (Å²) in [5, 5.41) is 12.8. The number of esters is 1. The van der Waals surface area contributed by atoms with Crippen LogP contribution in [0.2, 0.25) is 0 Å². The highest BCUT2D eigenvalue weighted by Crippen LogP contribution is 2.47. The smallest absolute Gasteiger partial charge is 0.362 e. The highest BCUT2D eigenvalue weighted by molar-refractivity contribution is 6.42. The molecule has 2 aromatic rings. The fourth-order valence-electron chi connectivity index (χ4n) is 8.19. The van der Waals surface area contributed by atoms with Gasteiger partial charge in [-0.1, -0.05) is 43.0 Å². The molecule has 4 bridgehead atoms. The molecule has 6 rings (SSSR count). The number of rotatable bonds is 5. The Morgan fingerprint density at radius 2 is 1.65 bits per heavy atom. The summed E-state index contributed by atoms with van der Waals surface area (Å²) in [5.74, 6) is 0.944. The zero-order valence-electron chi connectivity index (χ0n) is 21.7. The average Bonchev–Trinajstić information content (AvgIpc) is 2.88. The summed E-state index contributed by atoms with van der Waals surface area (Å²) in [5.41, 5.74) is 0.407. The Morgan fingerprint density at radius 1 is 0.973 bits per heavy atom. The van der Waals surface area contributed by atoms with Crippen molar-refractivity contribution in [2.24, 2.45) is 17.0 Å². The largest absolute Gasteiger partial charge is 0.461 e. The van der Waals surface area contributed by atoms with Gasteiger partial charge in [0.05, 0.1) is 17.6 Å². The van der Waals surface area contributed by atoms with Crippen molar-refractivity contribution < 1.29 is 14.7 Å². The van der Waals surface area contributed by atoms with E-state index in [1.807, 2.05) is 28.8 Å². The van der Waals surface area contributed by atoms with Gasteiger partial charge in [-0.15, -0.1) is 0 Å². The molecule has 2 saturated carbocycles. The number of nitrogens with zero attached hydrogens (tertiary/aromatic N) is 4. The molecule has 37 heavy (non-hydrogen) atoms. The van der Waals surface area contributed by atoms with Crippen LogP contribution in [-0.2, 0) is 9.53 Å². The van der Waals surface area contributed by atoms with Gasteiger partial charge in [0, 0.05) is 24.2 Å². The molecule has 4 fully saturated rings. The maximum absolute atomic E-state index is 13.9. The van der Waals surface area contributed by atoms with Gasteiger partial charge in [0.1, 0.15) is 0 Å². The van der Waals surface area contributed by atoms with E-state index in [0.717, 1.165) is 30.2 Å². The molecular formula is C29H38N4O4. The topological polar surface area (TPSA) is 97.0 Å². The summed E-state index contributed by atoms with van der Waals surface area (Å²) >= 11 is 0. The third-order valence-electron chi connectivity index (χ3n) is 9.48. The monoisotopic (exact) mass is 506 g/mol. The predicted octanol–water partition coefficient (Wildman–Crippen LogP) is 4.66. The van der Waals surface area contributed by atoms with Crippen molar-refractivity contribution in [2.45, 2.75) is 102 Å². The highest BCUT2D eigenvalue weighted by Gasteiger charge is 2.45. The van der Waals surface area contributed by atoms with Gasteiger partial charge in [-0.25, -0.2) is 9.78 Å². The van der Waals surface area contributed by atoms with E-state index in [9.17, 15) is 14.8 Å². The molecule has 3 unspecified atom stereocenters. The van der Waals surface area contributed by atoms with Gasteiger partial charge < -0.3 is 14.5 Å². The standard InChI is InChI=1S/C29H38N4O4/c1-2-37-29(35)27(31-36)26-28(34)33(25-12-4-3-11-24(25)30-26)23-16-20-9-6-10-21(17-23)32(20)22-14-18-7-5-8-19(13-18)15-22/h3-4,11-12,18-23,36H,2,5-10,13-17H2,1H3/t18?,19?,20-,21?,22?,23+/m1/s1. The van der Waals surface area contributed by atoms with E-state index in [1.54, 1.807) is 6.92 Å². The van der Waals surface area contributed by atoms with Gasteiger partial charge in [-0.2, -0.15) is 0 Å². The molecule has 2 saturated heterocycles. The molecule has 8 nitrogen and oxygen atoms in total. The second kappa shape index (κ2) is 10.2. The molecule has 0 spiro atoms. The zero-order chi connectivity index (χ0) is 25.5. The van der Waals surface area contributed by atoms with Gasteiger partial charge in [-0.05, 0) is 75.8 Å². The molecule has 2 aliphatic heterocycles. The Kier molecular flexibility index (Phi) is 6.78. The lowest BCUT2D eigenvalue weighted by atomic mass is 9.68. The number of oxime groups is 1. The number of benzene rings is 1. The molecule has 0 radical (unpaired) electrons. The van der Waals surface area contributed by atoms with E-state index in [2.05, 4.69) is 15.0 Å². The summed E-state index contributed by atoms with van der Waals surface area (Å²) in [6.45, 7) is 1.79. The lowest BCUT2D eigenvalue weighted by Gasteiger charge is -2.55. The number of para-hydroxylation sites is 2. The summed E-state index contributed by atoms with van der Waals surface area (Å²) in [4.78, 5) is 33.8. The maximum Gasteiger partial charge on any atom is 0.362 e. The number of hydrogen-bond donors (Lipinski definition) is 1. The van der Waals surface area contributed by atoms with Crippen LogP contribution in [0.15, 0.2) is 34.2 Å². The van der Waals surface area contributed by atoms with Gasteiger partial charge >= 0.3 is 5.97 Å². The number of carbonyl (C=O) groups is 1. The summed E-state index contributed by atoms with van der Waals surface area (Å²) in [7, 11) is 0. The molecule has 2 aliphatic carbocycles. The first-order valence-electron chi connectivity index (χ1n) is 14.3. The lowest BCUT2D eigenvalue weighted by Crippen LogP contribution is -2.58. The predicted molar refractivity (Wildman–Crippen MR) is 141 cm³/mol. The van der Waals surface area contributed by atoms with E-state index in [-0.39, 0.29) is 23.9 Å². The van der Waals surface area contributed by atoms with Crippen molar-refractivity contribution in [1.29, 1.82) is 0 Å². The van der Waals surface area contributed by atoms with Crippen LogP contribution in [0.4, 0.5) is 0 Å². The van der Waals surface area contributed by atoms with E-state index >= 15 is 0 Å². The molecule has 5 atom stereocenters. The fourth-order valence-corrected chi connectivity index (χ4v) is 8.19. The van der Waals surface area contributed by atoms with Crippen LogP contribution in [0.3, 0.4) is 0 Å². The normalized spacial score (nSPS) is 32.3. The molecule has 1 N–H and O–H groups in total. The van der Waals surface area contributed by atoms with Gasteiger partial charge in [-0.3, -0.25) is 9.69 Å². The SMILES string of the molecule is CCOC(=O)C(=NO)c1nc2ccccc2n([C@@H]2CC3CCC[C@H](C2)N3C2CC3CCCC(C3)C2)c1=O. The van der Waals surface area contributed by atoms with Crippen LogP contribution in [0.1, 0.15) is 89.3 Å². The average molecular weight is 507 g/mol. The van der Waals surface area contributed by atoms with Crippen LogP contribution < -0.4 is 5.56 Å². The molecule has 3 heterocycles. The third-order valence-corrected chi connectivity index (χ3v) is 9.48. The summed E-state index contributed by atoms with van der Waals surface area (Å²) < 4.78 is 6.88. The number of piperidine rings is 2. The number of ether oxygens (including phenoxy) is 1. The first-order valence-corrected chi connectivity index (χ1v) is 14.3. The minimum atomic E-state index is -0.842. The van der Waals surface area contributed by atoms with Crippen LogP contribution in [-0.4, -0.2) is 56.1 Å². The first kappa shape index (κ1) is 24.6. The van der Waals surface area contributed by atoms with Crippen LogP contribution >= 0.6 is 0 Å². The summed E-state index contributed by atoms with van der Waals surface area (Å²) in [6, 6.07) is 9.19. The van der Waals surface area contributed by atoms with Gasteiger partial charge in [0.15, 0.2) is 5.69 Å². The van der Waals surface area contributed by atoms with Crippen LogP contribution in [0, 0.1) is 11.8 Å². The van der Waals surface area contributed by atoms with Crippen molar-refractivity contribution in [2.75, 3.05) is 6.61 Å². The quantitative estimate of drug-likeness (QED) is 0.274. The van der Waals surface area contributed by atoms with Crippen molar-refractivity contribution in [3.05, 3.63) is 40.3 Å². The molecule has 8 heteroatoms. The Labute approximate surface area is 217 Å². The number of fused-ring (bicyclic) bond motifs is 5. The number of carbonyl (C=O) groups excluding carboxylic acids is 1. The Balaban J connectivity index is 1.36. The van der Waals surface area contributed by atoms with Gasteiger partial charge in [0.2, 0.25) is 5.71 Å². The van der Waals surface area contributed by atoms with Crippen molar-refractivity contribution in [3.8, 4) is 0 Å². The number of aromatic nitrogens is 2.